The standard InChI is InChI=1S/C25H34N2O4S/c1-31-20-19-26(16-8-13-22-9-4-2-5-10-22)25(28)24-14-17-27(18-15-24)32(29,30)21-23-11-6-3-7-12-23/h2-7,9-12,24H,8,13-21H2,1H3. The zero-order valence-electron chi connectivity index (χ0n) is 18.9. The van der Waals surface area contributed by atoms with Crippen LogP contribution in [0.3, 0.4) is 0 Å². The van der Waals surface area contributed by atoms with Crippen molar-refractivity contribution in [2.45, 2.75) is 31.4 Å². The van der Waals surface area contributed by atoms with Crippen molar-refractivity contribution in [3.8, 4) is 0 Å². The second kappa shape index (κ2) is 12.1. The van der Waals surface area contributed by atoms with Crippen molar-refractivity contribution >= 4 is 15.9 Å². The molecule has 32 heavy (non-hydrogen) atoms. The molecule has 0 unspecified atom stereocenters. The number of carbonyl (C=O) groups excluding carboxylic acids is 1. The molecule has 1 fully saturated rings. The Balaban J connectivity index is 1.52. The first kappa shape index (κ1) is 24.4. The first-order valence-corrected chi connectivity index (χ1v) is 12.9. The van der Waals surface area contributed by atoms with E-state index in [4.69, 9.17) is 4.74 Å². The number of benzene rings is 2. The Hall–Kier alpha value is -2.22. The van der Waals surface area contributed by atoms with Gasteiger partial charge in [0.15, 0.2) is 0 Å². The number of amides is 1. The van der Waals surface area contributed by atoms with Crippen LogP contribution in [-0.2, 0) is 31.7 Å². The number of sulfonamides is 1. The number of hydrogen-bond acceptors (Lipinski definition) is 4. The Morgan fingerprint density at radius 2 is 1.56 bits per heavy atom. The van der Waals surface area contributed by atoms with E-state index in [1.807, 2.05) is 53.4 Å². The number of carbonyl (C=O) groups is 1. The Morgan fingerprint density at radius 1 is 0.969 bits per heavy atom. The van der Waals surface area contributed by atoms with Gasteiger partial charge >= 0.3 is 0 Å². The zero-order chi connectivity index (χ0) is 22.8. The van der Waals surface area contributed by atoms with E-state index in [0.29, 0.717) is 45.6 Å². The van der Waals surface area contributed by atoms with Crippen LogP contribution in [0.2, 0.25) is 0 Å². The van der Waals surface area contributed by atoms with E-state index in [9.17, 15) is 13.2 Å². The van der Waals surface area contributed by atoms with Crippen LogP contribution in [0.15, 0.2) is 60.7 Å². The van der Waals surface area contributed by atoms with Crippen molar-refractivity contribution in [2.24, 2.45) is 5.92 Å². The molecule has 1 aliphatic heterocycles. The van der Waals surface area contributed by atoms with Crippen LogP contribution in [0, 0.1) is 5.92 Å². The zero-order valence-corrected chi connectivity index (χ0v) is 19.7. The Kier molecular flexibility index (Phi) is 9.26. The molecule has 2 aromatic rings. The number of nitrogens with zero attached hydrogens (tertiary/aromatic N) is 2. The summed E-state index contributed by atoms with van der Waals surface area (Å²) in [4.78, 5) is 15.1. The molecular weight excluding hydrogens is 424 g/mol. The van der Waals surface area contributed by atoms with E-state index in [0.717, 1.165) is 18.4 Å². The van der Waals surface area contributed by atoms with E-state index >= 15 is 0 Å². The normalized spacial score (nSPS) is 15.5. The monoisotopic (exact) mass is 458 g/mol. The summed E-state index contributed by atoms with van der Waals surface area (Å²) in [7, 11) is -1.73. The van der Waals surface area contributed by atoms with E-state index < -0.39 is 10.0 Å². The summed E-state index contributed by atoms with van der Waals surface area (Å²) in [5, 5.41) is 0. The van der Waals surface area contributed by atoms with E-state index in [1.165, 1.54) is 5.56 Å². The SMILES string of the molecule is COCCN(CCCc1ccccc1)C(=O)C1CCN(S(=O)(=O)Cc2ccccc2)CC1. The van der Waals surface area contributed by atoms with Gasteiger partial charge in [0.2, 0.25) is 15.9 Å². The fourth-order valence-electron chi connectivity index (χ4n) is 4.17. The highest BCUT2D eigenvalue weighted by Crippen LogP contribution is 2.23. The fraction of sp³-hybridized carbons (Fsp3) is 0.480. The number of piperidine rings is 1. The topological polar surface area (TPSA) is 66.9 Å². The lowest BCUT2D eigenvalue weighted by Gasteiger charge is -2.33. The molecule has 0 radical (unpaired) electrons. The van der Waals surface area contributed by atoms with Crippen molar-refractivity contribution < 1.29 is 17.9 Å². The van der Waals surface area contributed by atoms with Crippen molar-refractivity contribution in [3.05, 3.63) is 71.8 Å². The van der Waals surface area contributed by atoms with Gasteiger partial charge in [-0.25, -0.2) is 12.7 Å². The number of rotatable bonds is 11. The Labute approximate surface area is 192 Å². The van der Waals surface area contributed by atoms with Gasteiger partial charge in [-0.1, -0.05) is 60.7 Å². The summed E-state index contributed by atoms with van der Waals surface area (Å²) >= 11 is 0. The first-order valence-electron chi connectivity index (χ1n) is 11.3. The molecule has 7 heteroatoms. The maximum atomic E-state index is 13.2. The minimum absolute atomic E-state index is 0.00586. The molecule has 6 nitrogen and oxygen atoms in total. The van der Waals surface area contributed by atoms with Gasteiger partial charge in [0.1, 0.15) is 0 Å². The van der Waals surface area contributed by atoms with Gasteiger partial charge in [0.25, 0.3) is 0 Å². The fourth-order valence-corrected chi connectivity index (χ4v) is 5.73. The van der Waals surface area contributed by atoms with Crippen molar-refractivity contribution in [3.63, 3.8) is 0 Å². The quantitative estimate of drug-likeness (QED) is 0.518. The van der Waals surface area contributed by atoms with Crippen LogP contribution in [0.5, 0.6) is 0 Å². The molecule has 1 saturated heterocycles. The van der Waals surface area contributed by atoms with Crippen LogP contribution >= 0.6 is 0 Å². The summed E-state index contributed by atoms with van der Waals surface area (Å²) in [6.07, 6.45) is 2.95. The molecule has 0 spiro atoms. The van der Waals surface area contributed by atoms with Gasteiger partial charge < -0.3 is 9.64 Å². The first-order chi connectivity index (χ1) is 15.5. The summed E-state index contributed by atoms with van der Waals surface area (Å²) in [5.74, 6) is -0.00620. The minimum atomic E-state index is -3.38. The number of aryl methyl sites for hydroxylation is 1. The van der Waals surface area contributed by atoms with E-state index in [-0.39, 0.29) is 17.6 Å². The molecule has 0 saturated carbocycles. The Morgan fingerprint density at radius 3 is 2.16 bits per heavy atom. The second-order valence-corrected chi connectivity index (χ2v) is 10.3. The summed E-state index contributed by atoms with van der Waals surface area (Å²) in [6.45, 7) is 2.54. The molecule has 2 aromatic carbocycles. The van der Waals surface area contributed by atoms with Gasteiger partial charge in [0.05, 0.1) is 12.4 Å². The van der Waals surface area contributed by atoms with E-state index in [1.54, 1.807) is 11.4 Å². The van der Waals surface area contributed by atoms with Crippen molar-refractivity contribution in [2.75, 3.05) is 39.9 Å². The summed E-state index contributed by atoms with van der Waals surface area (Å²) < 4.78 is 32.3. The highest BCUT2D eigenvalue weighted by molar-refractivity contribution is 7.88. The second-order valence-electron chi connectivity index (χ2n) is 8.32. The maximum Gasteiger partial charge on any atom is 0.225 e. The average molecular weight is 459 g/mol. The molecule has 0 aliphatic carbocycles. The van der Waals surface area contributed by atoms with Crippen molar-refractivity contribution in [1.82, 2.24) is 9.21 Å². The number of methoxy groups -OCH3 is 1. The molecule has 1 heterocycles. The van der Waals surface area contributed by atoms with Gasteiger partial charge in [-0.2, -0.15) is 0 Å². The molecule has 1 amide bonds. The third kappa shape index (κ3) is 7.15. The lowest BCUT2D eigenvalue weighted by molar-refractivity contribution is -0.137. The van der Waals surface area contributed by atoms with Crippen LogP contribution in [0.4, 0.5) is 0 Å². The third-order valence-electron chi connectivity index (χ3n) is 6.00. The van der Waals surface area contributed by atoms with Gasteiger partial charge in [-0.3, -0.25) is 4.79 Å². The Bertz CT molecular complexity index is 927. The maximum absolute atomic E-state index is 13.2. The predicted molar refractivity (Wildman–Crippen MR) is 127 cm³/mol. The number of ether oxygens (including phenoxy) is 1. The van der Waals surface area contributed by atoms with Gasteiger partial charge in [0, 0.05) is 39.2 Å². The molecule has 0 aromatic heterocycles. The highest BCUT2D eigenvalue weighted by atomic mass is 32.2. The molecular formula is C25H34N2O4S. The smallest absolute Gasteiger partial charge is 0.225 e. The van der Waals surface area contributed by atoms with E-state index in [2.05, 4.69) is 12.1 Å². The largest absolute Gasteiger partial charge is 0.383 e. The van der Waals surface area contributed by atoms with Crippen LogP contribution in [0.1, 0.15) is 30.4 Å². The lowest BCUT2D eigenvalue weighted by Crippen LogP contribution is -2.45. The lowest BCUT2D eigenvalue weighted by atomic mass is 9.96. The predicted octanol–water partition coefficient (Wildman–Crippen LogP) is 3.34. The summed E-state index contributed by atoms with van der Waals surface area (Å²) in [6, 6.07) is 19.5. The minimum Gasteiger partial charge on any atom is -0.383 e. The van der Waals surface area contributed by atoms with Gasteiger partial charge in [-0.15, -0.1) is 0 Å². The summed E-state index contributed by atoms with van der Waals surface area (Å²) in [5.41, 5.74) is 2.05. The molecule has 174 valence electrons. The van der Waals surface area contributed by atoms with Crippen molar-refractivity contribution in [1.29, 1.82) is 0 Å². The van der Waals surface area contributed by atoms with Gasteiger partial charge in [-0.05, 0) is 36.8 Å². The molecule has 1 aliphatic rings. The molecule has 0 atom stereocenters. The van der Waals surface area contributed by atoms with Crippen LogP contribution in [0.25, 0.3) is 0 Å². The molecule has 3 rings (SSSR count). The molecule has 0 N–H and O–H groups in total. The van der Waals surface area contributed by atoms with Crippen LogP contribution < -0.4 is 0 Å². The average Bonchev–Trinajstić information content (AvgIpc) is 2.82. The van der Waals surface area contributed by atoms with Crippen LogP contribution in [-0.4, -0.2) is 63.4 Å². The highest BCUT2D eigenvalue weighted by Gasteiger charge is 2.33. The molecule has 0 bridgehead atoms. The number of hydrogen-bond donors (Lipinski definition) is 0. The third-order valence-corrected chi connectivity index (χ3v) is 7.85.